The summed E-state index contributed by atoms with van der Waals surface area (Å²) in [5.41, 5.74) is 6.92. The van der Waals surface area contributed by atoms with E-state index in [-0.39, 0.29) is 6.04 Å². The van der Waals surface area contributed by atoms with Gasteiger partial charge < -0.3 is 15.8 Å². The minimum Gasteiger partial charge on any atom is -0.443 e. The van der Waals surface area contributed by atoms with E-state index in [2.05, 4.69) is 5.32 Å². The van der Waals surface area contributed by atoms with Gasteiger partial charge in [0.25, 0.3) is 0 Å². The number of anilines is 2. The van der Waals surface area contributed by atoms with E-state index in [0.29, 0.717) is 23.5 Å². The molecule has 0 bridgehead atoms. The van der Waals surface area contributed by atoms with Gasteiger partial charge in [0, 0.05) is 6.54 Å². The Labute approximate surface area is 130 Å². The van der Waals surface area contributed by atoms with Gasteiger partial charge in [-0.25, -0.2) is 4.79 Å². The third-order valence-electron chi connectivity index (χ3n) is 3.41. The fraction of sp³-hybridized carbons (Fsp3) is 0.500. The highest BCUT2D eigenvalue weighted by Crippen LogP contribution is 2.29. The van der Waals surface area contributed by atoms with Gasteiger partial charge in [-0.3, -0.25) is 4.90 Å². The lowest BCUT2D eigenvalue weighted by Crippen LogP contribution is -2.45. The second-order valence-corrected chi connectivity index (χ2v) is 6.38. The predicted octanol–water partition coefficient (Wildman–Crippen LogP) is 2.24. The maximum atomic E-state index is 12.6. The van der Waals surface area contributed by atoms with Crippen molar-refractivity contribution in [1.82, 2.24) is 5.32 Å². The third kappa shape index (κ3) is 3.68. The molecule has 118 valence electrons. The maximum absolute atomic E-state index is 12.6. The molecule has 1 atom stereocenters. The van der Waals surface area contributed by atoms with Gasteiger partial charge in [-0.15, -0.1) is 0 Å². The first-order valence-electron chi connectivity index (χ1n) is 7.34. The standard InChI is InChI=1S/C16H22N4O2/c1-16(2,3)22-15(21)20(12-6-7-19-10-12)14-5-4-11(9-17)8-13(14)18/h4-5,8,12,19H,6-7,10,18H2,1-3H3. The Morgan fingerprint density at radius 3 is 2.73 bits per heavy atom. The number of nitrogens with zero attached hydrogens (tertiary/aromatic N) is 2. The van der Waals surface area contributed by atoms with E-state index in [9.17, 15) is 4.79 Å². The molecule has 0 radical (unpaired) electrons. The van der Waals surface area contributed by atoms with Crippen LogP contribution in [-0.2, 0) is 4.74 Å². The monoisotopic (exact) mass is 302 g/mol. The normalized spacial score (nSPS) is 17.8. The number of amides is 1. The predicted molar refractivity (Wildman–Crippen MR) is 85.6 cm³/mol. The molecule has 1 aromatic carbocycles. The molecule has 1 unspecified atom stereocenters. The van der Waals surface area contributed by atoms with Crippen molar-refractivity contribution in [2.45, 2.75) is 38.8 Å². The zero-order valence-corrected chi connectivity index (χ0v) is 13.2. The molecule has 1 amide bonds. The summed E-state index contributed by atoms with van der Waals surface area (Å²) in [6, 6.07) is 6.98. The number of hydrogen-bond acceptors (Lipinski definition) is 5. The van der Waals surface area contributed by atoms with Gasteiger partial charge in [0.05, 0.1) is 29.0 Å². The van der Waals surface area contributed by atoms with Crippen molar-refractivity contribution >= 4 is 17.5 Å². The minimum absolute atomic E-state index is 0.00918. The van der Waals surface area contributed by atoms with Crippen LogP contribution in [0.3, 0.4) is 0 Å². The number of hydrogen-bond donors (Lipinski definition) is 2. The van der Waals surface area contributed by atoms with Crippen molar-refractivity contribution in [1.29, 1.82) is 5.26 Å². The first kappa shape index (κ1) is 16.1. The number of nitriles is 1. The number of carbonyl (C=O) groups is 1. The van der Waals surface area contributed by atoms with Crippen LogP contribution in [0.15, 0.2) is 18.2 Å². The first-order chi connectivity index (χ1) is 10.3. The maximum Gasteiger partial charge on any atom is 0.415 e. The van der Waals surface area contributed by atoms with Crippen molar-refractivity contribution in [2.75, 3.05) is 23.7 Å². The SMILES string of the molecule is CC(C)(C)OC(=O)N(c1ccc(C#N)cc1N)C1CCNC1. The highest BCUT2D eigenvalue weighted by Gasteiger charge is 2.32. The van der Waals surface area contributed by atoms with Crippen LogP contribution in [0.2, 0.25) is 0 Å². The summed E-state index contributed by atoms with van der Waals surface area (Å²) in [6.45, 7) is 7.03. The third-order valence-corrected chi connectivity index (χ3v) is 3.41. The molecule has 1 aliphatic heterocycles. The zero-order valence-electron chi connectivity index (χ0n) is 13.2. The number of rotatable bonds is 2. The molecule has 0 spiro atoms. The lowest BCUT2D eigenvalue weighted by molar-refractivity contribution is 0.0568. The number of ether oxygens (including phenoxy) is 1. The Kier molecular flexibility index (Phi) is 4.57. The van der Waals surface area contributed by atoms with E-state index < -0.39 is 11.7 Å². The summed E-state index contributed by atoms with van der Waals surface area (Å²) in [4.78, 5) is 14.2. The summed E-state index contributed by atoms with van der Waals surface area (Å²) < 4.78 is 5.52. The molecule has 6 heteroatoms. The van der Waals surface area contributed by atoms with Gasteiger partial charge >= 0.3 is 6.09 Å². The number of benzene rings is 1. The second kappa shape index (κ2) is 6.24. The lowest BCUT2D eigenvalue weighted by Gasteiger charge is -2.32. The van der Waals surface area contributed by atoms with Crippen LogP contribution in [0.25, 0.3) is 0 Å². The fourth-order valence-corrected chi connectivity index (χ4v) is 2.46. The van der Waals surface area contributed by atoms with Gasteiger partial charge in [-0.1, -0.05) is 0 Å². The fourth-order valence-electron chi connectivity index (χ4n) is 2.46. The van der Waals surface area contributed by atoms with E-state index in [1.54, 1.807) is 23.1 Å². The quantitative estimate of drug-likeness (QED) is 0.818. The van der Waals surface area contributed by atoms with E-state index in [1.165, 1.54) is 0 Å². The summed E-state index contributed by atoms with van der Waals surface area (Å²) >= 11 is 0. The van der Waals surface area contributed by atoms with Crippen LogP contribution < -0.4 is 16.0 Å². The van der Waals surface area contributed by atoms with Crippen LogP contribution in [0.1, 0.15) is 32.8 Å². The Bertz CT molecular complexity index is 595. The summed E-state index contributed by atoms with van der Waals surface area (Å²) in [5, 5.41) is 12.2. The Balaban J connectivity index is 2.36. The van der Waals surface area contributed by atoms with Crippen molar-refractivity contribution in [3.8, 4) is 6.07 Å². The van der Waals surface area contributed by atoms with E-state index in [4.69, 9.17) is 15.7 Å². The zero-order chi connectivity index (χ0) is 16.3. The summed E-state index contributed by atoms with van der Waals surface area (Å²) in [5.74, 6) is 0. The first-order valence-corrected chi connectivity index (χ1v) is 7.34. The molecule has 6 nitrogen and oxygen atoms in total. The van der Waals surface area contributed by atoms with Gasteiger partial charge in [0.1, 0.15) is 5.60 Å². The molecule has 0 aromatic heterocycles. The molecular weight excluding hydrogens is 280 g/mol. The topological polar surface area (TPSA) is 91.4 Å². The molecule has 2 rings (SSSR count). The van der Waals surface area contributed by atoms with Gasteiger partial charge in [-0.2, -0.15) is 5.26 Å². The molecule has 22 heavy (non-hydrogen) atoms. The Morgan fingerprint density at radius 2 is 2.23 bits per heavy atom. The van der Waals surface area contributed by atoms with E-state index in [1.807, 2.05) is 26.8 Å². The molecular formula is C16H22N4O2. The van der Waals surface area contributed by atoms with Crippen LogP contribution in [-0.4, -0.2) is 30.8 Å². The van der Waals surface area contributed by atoms with Crippen molar-refractivity contribution in [3.63, 3.8) is 0 Å². The number of nitrogen functional groups attached to an aromatic ring is 1. The van der Waals surface area contributed by atoms with Gasteiger partial charge in [-0.05, 0) is 51.9 Å². The number of carbonyl (C=O) groups excluding carboxylic acids is 1. The Morgan fingerprint density at radius 1 is 1.50 bits per heavy atom. The van der Waals surface area contributed by atoms with Crippen LogP contribution in [0.4, 0.5) is 16.2 Å². The number of nitrogens with two attached hydrogens (primary N) is 1. The second-order valence-electron chi connectivity index (χ2n) is 6.38. The molecule has 1 heterocycles. The number of nitrogens with one attached hydrogen (secondary N) is 1. The highest BCUT2D eigenvalue weighted by molar-refractivity contribution is 5.92. The van der Waals surface area contributed by atoms with E-state index >= 15 is 0 Å². The molecule has 1 aromatic rings. The average Bonchev–Trinajstić information content (AvgIpc) is 2.92. The van der Waals surface area contributed by atoms with Crippen LogP contribution >= 0.6 is 0 Å². The van der Waals surface area contributed by atoms with Crippen LogP contribution in [0.5, 0.6) is 0 Å². The van der Waals surface area contributed by atoms with Crippen molar-refractivity contribution < 1.29 is 9.53 Å². The Hall–Kier alpha value is -2.26. The van der Waals surface area contributed by atoms with Crippen molar-refractivity contribution in [3.05, 3.63) is 23.8 Å². The molecule has 0 aliphatic carbocycles. The van der Waals surface area contributed by atoms with Gasteiger partial charge in [0.2, 0.25) is 0 Å². The van der Waals surface area contributed by atoms with Crippen molar-refractivity contribution in [2.24, 2.45) is 0 Å². The molecule has 1 fully saturated rings. The average molecular weight is 302 g/mol. The smallest absolute Gasteiger partial charge is 0.415 e. The molecule has 0 saturated carbocycles. The molecule has 1 aliphatic rings. The summed E-state index contributed by atoms with van der Waals surface area (Å²) in [7, 11) is 0. The van der Waals surface area contributed by atoms with Gasteiger partial charge in [0.15, 0.2) is 0 Å². The van der Waals surface area contributed by atoms with Crippen LogP contribution in [0, 0.1) is 11.3 Å². The summed E-state index contributed by atoms with van der Waals surface area (Å²) in [6.07, 6.45) is 0.413. The molecule has 3 N–H and O–H groups in total. The largest absolute Gasteiger partial charge is 0.443 e. The minimum atomic E-state index is -0.581. The lowest BCUT2D eigenvalue weighted by atomic mass is 10.1. The highest BCUT2D eigenvalue weighted by atomic mass is 16.6. The van der Waals surface area contributed by atoms with E-state index in [0.717, 1.165) is 13.0 Å². The molecule has 1 saturated heterocycles.